The molecule has 2 aromatic carbocycles. The molecule has 0 amide bonds. The van der Waals surface area contributed by atoms with E-state index >= 15 is 0 Å². The van der Waals surface area contributed by atoms with Crippen molar-refractivity contribution >= 4 is 5.97 Å². The lowest BCUT2D eigenvalue weighted by Crippen LogP contribution is -2.42. The SMILES string of the molecule is COC(=O)c1[nH]c(=O)n(CCCCCN2CCC(C#N)(c3ccccc3)CC2)c1-c1ccc(F)c(F)c1. The van der Waals surface area contributed by atoms with E-state index in [2.05, 4.69) is 16.0 Å². The molecule has 0 unspecified atom stereocenters. The van der Waals surface area contributed by atoms with Crippen LogP contribution in [0.4, 0.5) is 8.78 Å². The molecule has 0 radical (unpaired) electrons. The summed E-state index contributed by atoms with van der Waals surface area (Å²) in [6.45, 7) is 2.90. The molecule has 1 saturated heterocycles. The van der Waals surface area contributed by atoms with Gasteiger partial charge >= 0.3 is 11.7 Å². The van der Waals surface area contributed by atoms with E-state index < -0.39 is 28.7 Å². The van der Waals surface area contributed by atoms with Gasteiger partial charge in [-0.05, 0) is 69.1 Å². The molecule has 3 aromatic rings. The smallest absolute Gasteiger partial charge is 0.356 e. The van der Waals surface area contributed by atoms with E-state index in [1.807, 2.05) is 30.3 Å². The summed E-state index contributed by atoms with van der Waals surface area (Å²) in [6, 6.07) is 15.8. The zero-order chi connectivity index (χ0) is 26.4. The van der Waals surface area contributed by atoms with Gasteiger partial charge in [-0.1, -0.05) is 36.8 Å². The number of aromatic nitrogens is 2. The number of benzene rings is 2. The molecule has 2 heterocycles. The number of nitriles is 1. The number of piperidine rings is 1. The van der Waals surface area contributed by atoms with Crippen LogP contribution in [0.5, 0.6) is 0 Å². The van der Waals surface area contributed by atoms with Crippen molar-refractivity contribution in [1.29, 1.82) is 5.26 Å². The lowest BCUT2D eigenvalue weighted by atomic mass is 9.74. The van der Waals surface area contributed by atoms with Gasteiger partial charge in [0.05, 0.1) is 24.3 Å². The van der Waals surface area contributed by atoms with E-state index in [-0.39, 0.29) is 17.0 Å². The molecule has 0 bridgehead atoms. The van der Waals surface area contributed by atoms with Gasteiger partial charge in [0.15, 0.2) is 17.3 Å². The van der Waals surface area contributed by atoms with Crippen molar-refractivity contribution in [1.82, 2.24) is 14.5 Å². The largest absolute Gasteiger partial charge is 0.464 e. The van der Waals surface area contributed by atoms with Crippen LogP contribution in [0.25, 0.3) is 11.3 Å². The maximum atomic E-state index is 13.9. The van der Waals surface area contributed by atoms with Gasteiger partial charge in [0.25, 0.3) is 0 Å². The number of esters is 1. The third-order valence-electron chi connectivity index (χ3n) is 7.17. The Bertz CT molecular complexity index is 1340. The molecule has 1 fully saturated rings. The minimum absolute atomic E-state index is 0.0915. The highest BCUT2D eigenvalue weighted by Crippen LogP contribution is 2.35. The number of nitrogens with zero attached hydrogens (tertiary/aromatic N) is 3. The first-order valence-corrected chi connectivity index (χ1v) is 12.4. The maximum Gasteiger partial charge on any atom is 0.356 e. The van der Waals surface area contributed by atoms with Crippen LogP contribution in [-0.2, 0) is 16.7 Å². The van der Waals surface area contributed by atoms with Crippen LogP contribution in [0.2, 0.25) is 0 Å². The average Bonchev–Trinajstić information content (AvgIpc) is 3.26. The standard InChI is InChI=1S/C28H30F2N4O3/c1-37-26(35)24-25(20-10-11-22(29)23(30)18-20)34(27(36)32-24)15-7-3-6-14-33-16-12-28(19-31,13-17-33)21-8-4-2-5-9-21/h2,4-5,8-11,18H,3,6-7,12-17H2,1H3,(H,32,36). The van der Waals surface area contributed by atoms with Crippen LogP contribution in [0.1, 0.15) is 48.2 Å². The van der Waals surface area contributed by atoms with E-state index in [9.17, 15) is 23.6 Å². The van der Waals surface area contributed by atoms with Gasteiger partial charge in [-0.15, -0.1) is 0 Å². The topological polar surface area (TPSA) is 91.1 Å². The van der Waals surface area contributed by atoms with Gasteiger partial charge in [-0.2, -0.15) is 5.26 Å². The minimum atomic E-state index is -1.07. The monoisotopic (exact) mass is 508 g/mol. The van der Waals surface area contributed by atoms with E-state index in [1.165, 1.54) is 17.7 Å². The number of hydrogen-bond donors (Lipinski definition) is 1. The van der Waals surface area contributed by atoms with Crippen LogP contribution in [0.15, 0.2) is 53.3 Å². The summed E-state index contributed by atoms with van der Waals surface area (Å²) in [4.78, 5) is 29.7. The summed E-state index contributed by atoms with van der Waals surface area (Å²) in [5, 5.41) is 9.88. The van der Waals surface area contributed by atoms with Gasteiger partial charge in [-0.25, -0.2) is 18.4 Å². The Kier molecular flexibility index (Phi) is 8.19. The van der Waals surface area contributed by atoms with Crippen LogP contribution >= 0.6 is 0 Å². The highest BCUT2D eigenvalue weighted by atomic mass is 19.2. The first-order valence-electron chi connectivity index (χ1n) is 12.4. The number of nitrogens with one attached hydrogen (secondary N) is 1. The van der Waals surface area contributed by atoms with Crippen LogP contribution < -0.4 is 5.69 Å². The molecule has 37 heavy (non-hydrogen) atoms. The number of carbonyl (C=O) groups is 1. The number of unbranched alkanes of at least 4 members (excludes halogenated alkanes) is 2. The summed E-state index contributed by atoms with van der Waals surface area (Å²) in [5.74, 6) is -2.84. The molecular formula is C28H30F2N4O3. The van der Waals surface area contributed by atoms with Gasteiger partial charge in [-0.3, -0.25) is 9.55 Å². The third kappa shape index (κ3) is 5.65. The molecular weight excluding hydrogens is 478 g/mol. The van der Waals surface area contributed by atoms with E-state index in [0.29, 0.717) is 13.0 Å². The molecule has 7 nitrogen and oxygen atoms in total. The van der Waals surface area contributed by atoms with Crippen molar-refractivity contribution in [3.63, 3.8) is 0 Å². The lowest BCUT2D eigenvalue weighted by molar-refractivity contribution is 0.0595. The van der Waals surface area contributed by atoms with Crippen molar-refractivity contribution < 1.29 is 18.3 Å². The second kappa shape index (κ2) is 11.5. The molecule has 1 aromatic heterocycles. The quantitative estimate of drug-likeness (QED) is 0.336. The predicted molar refractivity (Wildman–Crippen MR) is 135 cm³/mol. The normalized spacial score (nSPS) is 15.3. The molecule has 0 saturated carbocycles. The number of imidazole rings is 1. The van der Waals surface area contributed by atoms with Crippen molar-refractivity contribution in [2.45, 2.75) is 44.1 Å². The molecule has 1 aliphatic rings. The molecule has 0 spiro atoms. The summed E-state index contributed by atoms with van der Waals surface area (Å²) >= 11 is 0. The number of halogens is 2. The number of hydrogen-bond acceptors (Lipinski definition) is 5. The fraction of sp³-hybridized carbons (Fsp3) is 0.393. The molecule has 0 atom stereocenters. The zero-order valence-corrected chi connectivity index (χ0v) is 20.8. The zero-order valence-electron chi connectivity index (χ0n) is 20.8. The van der Waals surface area contributed by atoms with Crippen molar-refractivity contribution in [3.8, 4) is 17.3 Å². The van der Waals surface area contributed by atoms with Crippen molar-refractivity contribution in [2.24, 2.45) is 0 Å². The fourth-order valence-corrected chi connectivity index (χ4v) is 5.04. The lowest BCUT2D eigenvalue weighted by Gasteiger charge is -2.37. The van der Waals surface area contributed by atoms with Crippen LogP contribution in [0, 0.1) is 23.0 Å². The van der Waals surface area contributed by atoms with Gasteiger partial charge in [0.2, 0.25) is 0 Å². The molecule has 1 aliphatic heterocycles. The maximum absolute atomic E-state index is 13.9. The number of methoxy groups -OCH3 is 1. The van der Waals surface area contributed by atoms with Gasteiger partial charge in [0, 0.05) is 12.1 Å². The van der Waals surface area contributed by atoms with E-state index in [1.54, 1.807) is 0 Å². The Morgan fingerprint density at radius 3 is 2.41 bits per heavy atom. The van der Waals surface area contributed by atoms with Crippen LogP contribution in [0.3, 0.4) is 0 Å². The predicted octanol–water partition coefficient (Wildman–Crippen LogP) is 4.64. The number of likely N-dealkylation sites (tertiary alicyclic amines) is 1. The molecule has 1 N–H and O–H groups in total. The Morgan fingerprint density at radius 2 is 1.76 bits per heavy atom. The fourth-order valence-electron chi connectivity index (χ4n) is 5.04. The number of H-pyrrole nitrogens is 1. The first kappa shape index (κ1) is 26.3. The third-order valence-corrected chi connectivity index (χ3v) is 7.17. The van der Waals surface area contributed by atoms with Gasteiger partial charge < -0.3 is 9.64 Å². The number of carbonyl (C=O) groups excluding carboxylic acids is 1. The van der Waals surface area contributed by atoms with Crippen LogP contribution in [-0.4, -0.2) is 47.2 Å². The Hall–Kier alpha value is -3.77. The highest BCUT2D eigenvalue weighted by Gasteiger charge is 2.36. The second-order valence-corrected chi connectivity index (χ2v) is 9.39. The summed E-state index contributed by atoms with van der Waals surface area (Å²) in [6.07, 6.45) is 3.99. The van der Waals surface area contributed by atoms with Crippen molar-refractivity contribution in [3.05, 3.63) is 81.9 Å². The molecule has 4 rings (SSSR count). The summed E-state index contributed by atoms with van der Waals surface area (Å²) in [7, 11) is 1.19. The second-order valence-electron chi connectivity index (χ2n) is 9.39. The average molecular weight is 509 g/mol. The Morgan fingerprint density at radius 1 is 1.05 bits per heavy atom. The Balaban J connectivity index is 1.35. The number of aromatic amines is 1. The van der Waals surface area contributed by atoms with E-state index in [0.717, 1.165) is 63.0 Å². The number of ether oxygens (including phenoxy) is 1. The summed E-state index contributed by atoms with van der Waals surface area (Å²) in [5.41, 5.74) is 0.445. The number of rotatable bonds is 9. The molecule has 9 heteroatoms. The minimum Gasteiger partial charge on any atom is -0.464 e. The van der Waals surface area contributed by atoms with Gasteiger partial charge in [0.1, 0.15) is 0 Å². The first-order chi connectivity index (χ1) is 17.9. The van der Waals surface area contributed by atoms with Crippen molar-refractivity contribution in [2.75, 3.05) is 26.7 Å². The van der Waals surface area contributed by atoms with E-state index in [4.69, 9.17) is 4.74 Å². The molecule has 194 valence electrons. The molecule has 0 aliphatic carbocycles. The Labute approximate surface area is 214 Å². The highest BCUT2D eigenvalue weighted by molar-refractivity contribution is 5.94. The summed E-state index contributed by atoms with van der Waals surface area (Å²) < 4.78 is 33.5.